The highest BCUT2D eigenvalue weighted by Gasteiger charge is 2.16. The summed E-state index contributed by atoms with van der Waals surface area (Å²) >= 11 is 0. The molecular formula is C23H35IN4O. The van der Waals surface area contributed by atoms with Gasteiger partial charge in [-0.25, -0.2) is 0 Å². The lowest BCUT2D eigenvalue weighted by Crippen LogP contribution is -2.43. The number of nitrogens with one attached hydrogen (secondary N) is 2. The van der Waals surface area contributed by atoms with E-state index in [1.807, 2.05) is 30.3 Å². The standard InChI is InChI=1S/C23H34N4O.HI/c1-5-18-11-13-20(14-12-18)22(27(3)4)16-26-23(24-2)25-15-21(17-28)19-9-7-6-8-10-19;/h6-14,21-22,28H,5,15-17H2,1-4H3,(H2,24,25,26);1H. The van der Waals surface area contributed by atoms with Crippen molar-refractivity contribution in [2.75, 3.05) is 40.8 Å². The highest BCUT2D eigenvalue weighted by molar-refractivity contribution is 14.0. The minimum Gasteiger partial charge on any atom is -0.396 e. The monoisotopic (exact) mass is 510 g/mol. The Morgan fingerprint density at radius 2 is 1.59 bits per heavy atom. The van der Waals surface area contributed by atoms with E-state index in [-0.39, 0.29) is 42.5 Å². The minimum atomic E-state index is 0. The van der Waals surface area contributed by atoms with E-state index in [0.29, 0.717) is 6.54 Å². The Morgan fingerprint density at radius 1 is 0.966 bits per heavy atom. The molecule has 2 unspecified atom stereocenters. The predicted octanol–water partition coefficient (Wildman–Crippen LogP) is 3.41. The number of hydrogen-bond donors (Lipinski definition) is 3. The molecule has 0 radical (unpaired) electrons. The van der Waals surface area contributed by atoms with Gasteiger partial charge in [0.25, 0.3) is 0 Å². The Balaban J connectivity index is 0.00000420. The number of likely N-dealkylation sites (N-methyl/N-ethyl adjacent to an activating group) is 1. The molecule has 0 saturated heterocycles. The largest absolute Gasteiger partial charge is 0.396 e. The van der Waals surface area contributed by atoms with Crippen LogP contribution in [-0.2, 0) is 6.42 Å². The van der Waals surface area contributed by atoms with Gasteiger partial charge in [-0.15, -0.1) is 24.0 Å². The van der Waals surface area contributed by atoms with E-state index in [2.05, 4.69) is 65.8 Å². The Bertz CT molecular complexity index is 719. The minimum absolute atomic E-state index is 0. The number of aliphatic imine (C=N–C) groups is 1. The first-order chi connectivity index (χ1) is 13.6. The van der Waals surface area contributed by atoms with Gasteiger partial charge in [-0.1, -0.05) is 61.5 Å². The Hall–Kier alpha value is -1.64. The van der Waals surface area contributed by atoms with Gasteiger partial charge in [0, 0.05) is 26.1 Å². The van der Waals surface area contributed by atoms with Crippen LogP contribution >= 0.6 is 24.0 Å². The molecule has 6 heteroatoms. The third kappa shape index (κ3) is 7.95. The van der Waals surface area contributed by atoms with Crippen LogP contribution in [-0.4, -0.2) is 56.8 Å². The quantitative estimate of drug-likeness (QED) is 0.275. The zero-order valence-corrected chi connectivity index (χ0v) is 20.3. The molecule has 160 valence electrons. The predicted molar refractivity (Wildman–Crippen MR) is 133 cm³/mol. The van der Waals surface area contributed by atoms with Crippen molar-refractivity contribution < 1.29 is 5.11 Å². The van der Waals surface area contributed by atoms with Crippen LogP contribution in [0.2, 0.25) is 0 Å². The molecule has 2 aromatic carbocycles. The second-order valence-corrected chi connectivity index (χ2v) is 7.20. The summed E-state index contributed by atoms with van der Waals surface area (Å²) in [5.41, 5.74) is 3.75. The zero-order chi connectivity index (χ0) is 20.4. The fourth-order valence-electron chi connectivity index (χ4n) is 3.22. The first-order valence-electron chi connectivity index (χ1n) is 9.94. The molecule has 2 rings (SSSR count). The number of hydrogen-bond acceptors (Lipinski definition) is 3. The van der Waals surface area contributed by atoms with Crippen LogP contribution < -0.4 is 10.6 Å². The van der Waals surface area contributed by atoms with Crippen LogP contribution in [0.25, 0.3) is 0 Å². The first kappa shape index (κ1) is 25.4. The van der Waals surface area contributed by atoms with Crippen molar-refractivity contribution in [2.45, 2.75) is 25.3 Å². The lowest BCUT2D eigenvalue weighted by molar-refractivity contribution is 0.264. The van der Waals surface area contributed by atoms with Crippen LogP contribution in [0.15, 0.2) is 59.6 Å². The summed E-state index contributed by atoms with van der Waals surface area (Å²) in [6.07, 6.45) is 1.05. The number of aliphatic hydroxyl groups excluding tert-OH is 1. The maximum absolute atomic E-state index is 9.74. The van der Waals surface area contributed by atoms with E-state index in [4.69, 9.17) is 0 Å². The van der Waals surface area contributed by atoms with Gasteiger partial charge < -0.3 is 20.6 Å². The average Bonchev–Trinajstić information content (AvgIpc) is 2.73. The number of aryl methyl sites for hydroxylation is 1. The van der Waals surface area contributed by atoms with Crippen LogP contribution in [0.1, 0.15) is 35.6 Å². The molecule has 0 aliphatic rings. The molecule has 5 nitrogen and oxygen atoms in total. The van der Waals surface area contributed by atoms with Gasteiger partial charge in [-0.3, -0.25) is 4.99 Å². The zero-order valence-electron chi connectivity index (χ0n) is 17.9. The highest BCUT2D eigenvalue weighted by atomic mass is 127. The molecule has 0 aliphatic carbocycles. The molecule has 0 saturated carbocycles. The number of rotatable bonds is 9. The second-order valence-electron chi connectivity index (χ2n) is 7.20. The molecule has 0 fully saturated rings. The molecule has 2 atom stereocenters. The highest BCUT2D eigenvalue weighted by Crippen LogP contribution is 2.18. The summed E-state index contributed by atoms with van der Waals surface area (Å²) in [6.45, 7) is 3.63. The molecule has 0 spiro atoms. The summed E-state index contributed by atoms with van der Waals surface area (Å²) in [4.78, 5) is 6.54. The van der Waals surface area contributed by atoms with Crippen molar-refractivity contribution in [1.29, 1.82) is 0 Å². The summed E-state index contributed by atoms with van der Waals surface area (Å²) in [5, 5.41) is 16.5. The van der Waals surface area contributed by atoms with Gasteiger partial charge in [0.1, 0.15) is 0 Å². The van der Waals surface area contributed by atoms with Crippen molar-refractivity contribution >= 4 is 29.9 Å². The SMILES string of the molecule is CCc1ccc(C(CNC(=NC)NCC(CO)c2ccccc2)N(C)C)cc1.I. The second kappa shape index (κ2) is 13.6. The summed E-state index contributed by atoms with van der Waals surface area (Å²) in [7, 11) is 5.95. The van der Waals surface area contributed by atoms with Crippen molar-refractivity contribution in [3.8, 4) is 0 Å². The molecule has 2 aromatic rings. The Kier molecular flexibility index (Phi) is 11.9. The summed E-state index contributed by atoms with van der Waals surface area (Å²) in [5.74, 6) is 0.775. The van der Waals surface area contributed by atoms with Crippen LogP contribution in [0.4, 0.5) is 0 Å². The third-order valence-electron chi connectivity index (χ3n) is 5.09. The van der Waals surface area contributed by atoms with Crippen molar-refractivity contribution in [3.05, 3.63) is 71.3 Å². The number of guanidine groups is 1. The normalized spacial score (nSPS) is 13.5. The molecule has 0 amide bonds. The van der Waals surface area contributed by atoms with E-state index in [0.717, 1.165) is 24.5 Å². The van der Waals surface area contributed by atoms with Gasteiger partial charge in [-0.05, 0) is 37.2 Å². The molecule has 0 aromatic heterocycles. The molecule has 29 heavy (non-hydrogen) atoms. The lowest BCUT2D eigenvalue weighted by Gasteiger charge is -2.26. The van der Waals surface area contributed by atoms with Crippen LogP contribution in [0.5, 0.6) is 0 Å². The van der Waals surface area contributed by atoms with Crippen molar-refractivity contribution in [3.63, 3.8) is 0 Å². The smallest absolute Gasteiger partial charge is 0.191 e. The first-order valence-corrected chi connectivity index (χ1v) is 9.94. The molecular weight excluding hydrogens is 475 g/mol. The number of halogens is 1. The van der Waals surface area contributed by atoms with E-state index in [9.17, 15) is 5.11 Å². The third-order valence-corrected chi connectivity index (χ3v) is 5.09. The van der Waals surface area contributed by atoms with E-state index < -0.39 is 0 Å². The molecule has 0 aliphatic heterocycles. The van der Waals surface area contributed by atoms with Gasteiger partial charge >= 0.3 is 0 Å². The van der Waals surface area contributed by atoms with Gasteiger partial charge in [0.2, 0.25) is 0 Å². The van der Waals surface area contributed by atoms with Gasteiger partial charge in [-0.2, -0.15) is 0 Å². The van der Waals surface area contributed by atoms with Crippen molar-refractivity contribution in [1.82, 2.24) is 15.5 Å². The van der Waals surface area contributed by atoms with Crippen LogP contribution in [0.3, 0.4) is 0 Å². The molecule has 0 heterocycles. The van der Waals surface area contributed by atoms with E-state index in [1.54, 1.807) is 7.05 Å². The van der Waals surface area contributed by atoms with Gasteiger partial charge in [0.15, 0.2) is 5.96 Å². The summed E-state index contributed by atoms with van der Waals surface area (Å²) < 4.78 is 0. The Labute approximate surface area is 192 Å². The fraction of sp³-hybridized carbons (Fsp3) is 0.435. The number of nitrogens with zero attached hydrogens (tertiary/aromatic N) is 2. The van der Waals surface area contributed by atoms with E-state index >= 15 is 0 Å². The number of benzene rings is 2. The van der Waals surface area contributed by atoms with E-state index in [1.165, 1.54) is 11.1 Å². The number of aliphatic hydroxyl groups is 1. The fourth-order valence-corrected chi connectivity index (χ4v) is 3.22. The topological polar surface area (TPSA) is 59.9 Å². The Morgan fingerprint density at radius 3 is 2.10 bits per heavy atom. The maximum atomic E-state index is 9.74. The molecule has 0 bridgehead atoms. The maximum Gasteiger partial charge on any atom is 0.191 e. The summed E-state index contributed by atoms with van der Waals surface area (Å²) in [6, 6.07) is 19.1. The van der Waals surface area contributed by atoms with Gasteiger partial charge in [0.05, 0.1) is 12.6 Å². The molecule has 3 N–H and O–H groups in total. The lowest BCUT2D eigenvalue weighted by atomic mass is 10.0. The van der Waals surface area contributed by atoms with Crippen LogP contribution in [0, 0.1) is 0 Å². The average molecular weight is 510 g/mol. The van der Waals surface area contributed by atoms with Crippen molar-refractivity contribution in [2.24, 2.45) is 4.99 Å².